The van der Waals surface area contributed by atoms with Gasteiger partial charge in [-0.25, -0.2) is 0 Å². The van der Waals surface area contributed by atoms with E-state index in [1.807, 2.05) is 24.4 Å². The standard InChI is InChI=1S/C18H16ClN3O4/c1-26-13-3-5-17-15(9-13)11(10-21-17)6-7-20-18(23)14-4-2-12(22(24)25)8-16(14)19/h2-5,8-10,21H,6-7H2,1H3,(H,20,23). The molecule has 26 heavy (non-hydrogen) atoms. The van der Waals surface area contributed by atoms with Crippen molar-refractivity contribution in [2.45, 2.75) is 6.42 Å². The molecule has 0 aliphatic rings. The Morgan fingerprint density at radius 2 is 2.12 bits per heavy atom. The van der Waals surface area contributed by atoms with Gasteiger partial charge in [0.05, 0.1) is 22.6 Å². The molecule has 1 amide bonds. The first kappa shape index (κ1) is 17.8. The molecule has 0 fully saturated rings. The highest BCUT2D eigenvalue weighted by Gasteiger charge is 2.15. The monoisotopic (exact) mass is 373 g/mol. The molecule has 3 rings (SSSR count). The third-order valence-electron chi connectivity index (χ3n) is 4.06. The molecule has 1 aromatic heterocycles. The number of halogens is 1. The number of ether oxygens (including phenoxy) is 1. The Bertz CT molecular complexity index is 984. The highest BCUT2D eigenvalue weighted by atomic mass is 35.5. The maximum Gasteiger partial charge on any atom is 0.270 e. The van der Waals surface area contributed by atoms with Crippen molar-refractivity contribution >= 4 is 34.1 Å². The maximum atomic E-state index is 12.2. The van der Waals surface area contributed by atoms with Crippen molar-refractivity contribution in [2.75, 3.05) is 13.7 Å². The zero-order chi connectivity index (χ0) is 18.7. The number of benzene rings is 2. The van der Waals surface area contributed by atoms with Crippen LogP contribution in [0.25, 0.3) is 10.9 Å². The summed E-state index contributed by atoms with van der Waals surface area (Å²) >= 11 is 5.97. The maximum absolute atomic E-state index is 12.2. The van der Waals surface area contributed by atoms with Crippen LogP contribution in [0.1, 0.15) is 15.9 Å². The van der Waals surface area contributed by atoms with Crippen LogP contribution in [0.3, 0.4) is 0 Å². The number of methoxy groups -OCH3 is 1. The van der Waals surface area contributed by atoms with Crippen LogP contribution in [0.4, 0.5) is 5.69 Å². The Morgan fingerprint density at radius 3 is 2.81 bits per heavy atom. The largest absolute Gasteiger partial charge is 0.497 e. The lowest BCUT2D eigenvalue weighted by Gasteiger charge is -2.07. The minimum atomic E-state index is -0.557. The fraction of sp³-hybridized carbons (Fsp3) is 0.167. The first-order valence-electron chi connectivity index (χ1n) is 7.85. The van der Waals surface area contributed by atoms with E-state index in [1.165, 1.54) is 18.2 Å². The van der Waals surface area contributed by atoms with Gasteiger partial charge in [-0.2, -0.15) is 0 Å². The summed E-state index contributed by atoms with van der Waals surface area (Å²) in [6, 6.07) is 9.53. The number of aromatic nitrogens is 1. The van der Waals surface area contributed by atoms with E-state index in [0.717, 1.165) is 22.2 Å². The second-order valence-corrected chi connectivity index (χ2v) is 6.06. The predicted octanol–water partition coefficient (Wildman–Crippen LogP) is 3.71. The van der Waals surface area contributed by atoms with Crippen LogP contribution in [0, 0.1) is 10.1 Å². The van der Waals surface area contributed by atoms with E-state index < -0.39 is 4.92 Å². The summed E-state index contributed by atoms with van der Waals surface area (Å²) < 4.78 is 5.24. The number of carbonyl (C=O) groups excluding carboxylic acids is 1. The van der Waals surface area contributed by atoms with Crippen LogP contribution < -0.4 is 10.1 Å². The number of nitrogens with one attached hydrogen (secondary N) is 2. The zero-order valence-corrected chi connectivity index (χ0v) is 14.7. The molecule has 2 N–H and O–H groups in total. The van der Waals surface area contributed by atoms with E-state index in [0.29, 0.717) is 13.0 Å². The number of carbonyl (C=O) groups is 1. The Hall–Kier alpha value is -3.06. The third-order valence-corrected chi connectivity index (χ3v) is 4.38. The van der Waals surface area contributed by atoms with E-state index >= 15 is 0 Å². The molecule has 2 aromatic carbocycles. The molecule has 0 saturated carbocycles. The molecule has 0 atom stereocenters. The van der Waals surface area contributed by atoms with E-state index in [1.54, 1.807) is 7.11 Å². The first-order chi connectivity index (χ1) is 12.5. The number of aromatic amines is 1. The average Bonchev–Trinajstić information content (AvgIpc) is 3.03. The fourth-order valence-corrected chi connectivity index (χ4v) is 2.96. The summed E-state index contributed by atoms with van der Waals surface area (Å²) in [5.41, 5.74) is 2.09. The molecule has 0 aliphatic carbocycles. The molecule has 3 aromatic rings. The van der Waals surface area contributed by atoms with Gasteiger partial charge in [0.2, 0.25) is 0 Å². The van der Waals surface area contributed by atoms with Gasteiger partial charge in [-0.1, -0.05) is 11.6 Å². The number of nitro benzene ring substituents is 1. The van der Waals surface area contributed by atoms with E-state index in [-0.39, 0.29) is 22.2 Å². The predicted molar refractivity (Wildman–Crippen MR) is 99.0 cm³/mol. The molecule has 0 aliphatic heterocycles. The van der Waals surface area contributed by atoms with Gasteiger partial charge in [-0.3, -0.25) is 14.9 Å². The Labute approximate surface area is 154 Å². The van der Waals surface area contributed by atoms with Crippen LogP contribution in [0.2, 0.25) is 5.02 Å². The number of hydrogen-bond acceptors (Lipinski definition) is 4. The smallest absolute Gasteiger partial charge is 0.270 e. The number of H-pyrrole nitrogens is 1. The molecule has 0 spiro atoms. The second-order valence-electron chi connectivity index (χ2n) is 5.65. The number of nitro groups is 1. The van der Waals surface area contributed by atoms with Gasteiger partial charge in [0.1, 0.15) is 5.75 Å². The summed E-state index contributed by atoms with van der Waals surface area (Å²) in [4.78, 5) is 25.6. The van der Waals surface area contributed by atoms with Gasteiger partial charge in [0.15, 0.2) is 0 Å². The lowest BCUT2D eigenvalue weighted by molar-refractivity contribution is -0.384. The lowest BCUT2D eigenvalue weighted by Crippen LogP contribution is -2.25. The highest BCUT2D eigenvalue weighted by Crippen LogP contribution is 2.24. The second kappa shape index (κ2) is 7.45. The molecular formula is C18H16ClN3O4. The molecule has 7 nitrogen and oxygen atoms in total. The molecule has 0 saturated heterocycles. The van der Waals surface area contributed by atoms with Crippen LogP contribution in [-0.4, -0.2) is 29.5 Å². The quantitative estimate of drug-likeness (QED) is 0.508. The van der Waals surface area contributed by atoms with Crippen molar-refractivity contribution in [1.29, 1.82) is 0 Å². The average molecular weight is 374 g/mol. The number of nitrogens with zero attached hydrogens (tertiary/aromatic N) is 1. The van der Waals surface area contributed by atoms with Gasteiger partial charge >= 0.3 is 0 Å². The molecule has 0 bridgehead atoms. The number of amides is 1. The first-order valence-corrected chi connectivity index (χ1v) is 8.23. The number of rotatable bonds is 6. The van der Waals surface area contributed by atoms with E-state index in [9.17, 15) is 14.9 Å². The van der Waals surface area contributed by atoms with Crippen molar-refractivity contribution in [2.24, 2.45) is 0 Å². The van der Waals surface area contributed by atoms with Crippen LogP contribution in [0.15, 0.2) is 42.6 Å². The highest BCUT2D eigenvalue weighted by molar-refractivity contribution is 6.34. The summed E-state index contributed by atoms with van der Waals surface area (Å²) in [6.07, 6.45) is 2.51. The fourth-order valence-electron chi connectivity index (χ4n) is 2.70. The van der Waals surface area contributed by atoms with Gasteiger partial charge in [0, 0.05) is 35.8 Å². The van der Waals surface area contributed by atoms with Crippen molar-refractivity contribution in [3.8, 4) is 5.75 Å². The minimum absolute atomic E-state index is 0.0496. The summed E-state index contributed by atoms with van der Waals surface area (Å²) in [5, 5.41) is 14.6. The summed E-state index contributed by atoms with van der Waals surface area (Å²) in [5.74, 6) is 0.391. The normalized spacial score (nSPS) is 10.7. The molecule has 0 radical (unpaired) electrons. The van der Waals surface area contributed by atoms with E-state index in [4.69, 9.17) is 16.3 Å². The van der Waals surface area contributed by atoms with Gasteiger partial charge in [-0.15, -0.1) is 0 Å². The lowest BCUT2D eigenvalue weighted by atomic mass is 10.1. The molecule has 1 heterocycles. The minimum Gasteiger partial charge on any atom is -0.497 e. The van der Waals surface area contributed by atoms with E-state index in [2.05, 4.69) is 10.3 Å². The number of non-ortho nitro benzene ring substituents is 1. The molecule has 0 unspecified atom stereocenters. The van der Waals surface area contributed by atoms with Crippen LogP contribution in [-0.2, 0) is 6.42 Å². The van der Waals surface area contributed by atoms with Gasteiger partial charge in [-0.05, 0) is 36.2 Å². The molecular weight excluding hydrogens is 358 g/mol. The third kappa shape index (κ3) is 3.62. The molecule has 134 valence electrons. The van der Waals surface area contributed by atoms with Gasteiger partial charge in [0.25, 0.3) is 11.6 Å². The van der Waals surface area contributed by atoms with Crippen molar-refractivity contribution in [1.82, 2.24) is 10.3 Å². The van der Waals surface area contributed by atoms with Crippen molar-refractivity contribution in [3.63, 3.8) is 0 Å². The van der Waals surface area contributed by atoms with Crippen LogP contribution >= 0.6 is 11.6 Å². The van der Waals surface area contributed by atoms with Crippen molar-refractivity contribution in [3.05, 3.63) is 68.9 Å². The van der Waals surface area contributed by atoms with Crippen LogP contribution in [0.5, 0.6) is 5.75 Å². The van der Waals surface area contributed by atoms with Crippen molar-refractivity contribution < 1.29 is 14.5 Å². The Balaban J connectivity index is 1.66. The zero-order valence-electron chi connectivity index (χ0n) is 13.9. The summed E-state index contributed by atoms with van der Waals surface area (Å²) in [7, 11) is 1.61. The topological polar surface area (TPSA) is 97.3 Å². The SMILES string of the molecule is COc1ccc2[nH]cc(CCNC(=O)c3ccc([N+](=O)[O-])cc3Cl)c2c1. The number of hydrogen-bond donors (Lipinski definition) is 2. The Morgan fingerprint density at radius 1 is 1.31 bits per heavy atom. The Kier molecular flexibility index (Phi) is 5.09. The summed E-state index contributed by atoms with van der Waals surface area (Å²) in [6.45, 7) is 0.399. The van der Waals surface area contributed by atoms with Gasteiger partial charge < -0.3 is 15.0 Å². The molecule has 8 heteroatoms. The number of fused-ring (bicyclic) bond motifs is 1.